The lowest BCUT2D eigenvalue weighted by Gasteiger charge is -2.41. The number of carbonyl (C=O) groups is 3. The average molecular weight is 506 g/mol. The maximum atomic E-state index is 14.2. The maximum absolute atomic E-state index is 14.2. The molecule has 2 bridgehead atoms. The zero-order valence-electron chi connectivity index (χ0n) is 22.0. The van der Waals surface area contributed by atoms with Crippen LogP contribution in [0.5, 0.6) is 0 Å². The molecule has 3 rings (SSSR count). The first-order valence-electron chi connectivity index (χ1n) is 13.0. The first kappa shape index (κ1) is 27.8. The van der Waals surface area contributed by atoms with E-state index in [0.717, 1.165) is 19.3 Å². The van der Waals surface area contributed by atoms with Gasteiger partial charge in [0.15, 0.2) is 0 Å². The van der Waals surface area contributed by atoms with Gasteiger partial charge in [0.1, 0.15) is 6.04 Å². The van der Waals surface area contributed by atoms with Gasteiger partial charge in [-0.3, -0.25) is 14.4 Å². The van der Waals surface area contributed by atoms with Crippen molar-refractivity contribution >= 4 is 29.5 Å². The molecular weight excluding hydrogens is 462 g/mol. The number of thioether (sulfide) groups is 1. The molecule has 3 aliphatic rings. The largest absolute Gasteiger partial charge is 0.394 e. The molecule has 0 aromatic rings. The number of aliphatic hydroxyl groups excluding tert-OH is 1. The Bertz CT molecular complexity index is 846. The third kappa shape index (κ3) is 4.57. The smallest absolute Gasteiger partial charge is 0.247 e. The summed E-state index contributed by atoms with van der Waals surface area (Å²) in [5.74, 6) is -1.30. The summed E-state index contributed by atoms with van der Waals surface area (Å²) in [5.41, 5.74) is 0. The quantitative estimate of drug-likeness (QED) is 0.413. The first-order chi connectivity index (χ1) is 16.6. The van der Waals surface area contributed by atoms with Crippen molar-refractivity contribution in [1.82, 2.24) is 14.7 Å². The Morgan fingerprint density at radius 2 is 1.86 bits per heavy atom. The van der Waals surface area contributed by atoms with Gasteiger partial charge in [-0.25, -0.2) is 0 Å². The van der Waals surface area contributed by atoms with Crippen LogP contribution in [0.25, 0.3) is 0 Å². The SMILES string of the molecule is C=CCN(CCC)C(=O)[C@@H]1[C@H]2C(=O)N([C@@H](CO)C(C)C)C(C(=O)N(CC=C)C(C)C)C23CC[C@H]1S3. The summed E-state index contributed by atoms with van der Waals surface area (Å²) in [4.78, 5) is 47.5. The maximum Gasteiger partial charge on any atom is 0.247 e. The van der Waals surface area contributed by atoms with E-state index in [9.17, 15) is 19.5 Å². The molecular formula is C27H43N3O4S. The molecule has 196 valence electrons. The Balaban J connectivity index is 2.11. The van der Waals surface area contributed by atoms with Gasteiger partial charge in [-0.15, -0.1) is 24.9 Å². The highest BCUT2D eigenvalue weighted by Gasteiger charge is 2.74. The standard InChI is InChI=1S/C27H43N3O4S/c1-8-13-28(14-9-2)24(32)21-20-11-12-27(35-20)22(21)25(33)30(19(16-31)17(4)5)23(27)26(34)29(15-10-3)18(6)7/h8,10,17-23,31H,1,3,9,11-16H2,2,4-7H3/t19-,20+,21-,22-,23?,27?/m0/s1. The van der Waals surface area contributed by atoms with Crippen molar-refractivity contribution in [2.75, 3.05) is 26.2 Å². The van der Waals surface area contributed by atoms with Crippen molar-refractivity contribution < 1.29 is 19.5 Å². The zero-order chi connectivity index (χ0) is 26.1. The highest BCUT2D eigenvalue weighted by atomic mass is 32.2. The fraction of sp³-hybridized carbons (Fsp3) is 0.741. The first-order valence-corrected chi connectivity index (χ1v) is 13.9. The highest BCUT2D eigenvalue weighted by Crippen LogP contribution is 2.67. The molecule has 3 aliphatic heterocycles. The summed E-state index contributed by atoms with van der Waals surface area (Å²) < 4.78 is -0.651. The molecule has 35 heavy (non-hydrogen) atoms. The van der Waals surface area contributed by atoms with Crippen molar-refractivity contribution in [1.29, 1.82) is 0 Å². The number of fused-ring (bicyclic) bond motifs is 1. The number of rotatable bonds is 12. The van der Waals surface area contributed by atoms with E-state index in [2.05, 4.69) is 13.2 Å². The summed E-state index contributed by atoms with van der Waals surface area (Å²) in [6, 6.07) is -1.24. The van der Waals surface area contributed by atoms with Crippen molar-refractivity contribution in [3.8, 4) is 0 Å². The van der Waals surface area contributed by atoms with Crippen LogP contribution in [0.15, 0.2) is 25.3 Å². The molecule has 1 N–H and O–H groups in total. The number of nitrogens with zero attached hydrogens (tertiary/aromatic N) is 3. The third-order valence-corrected chi connectivity index (χ3v) is 9.91. The monoisotopic (exact) mass is 505 g/mol. The number of carbonyl (C=O) groups excluding carboxylic acids is 3. The van der Waals surface area contributed by atoms with Gasteiger partial charge in [0.05, 0.1) is 29.2 Å². The van der Waals surface area contributed by atoms with Crippen LogP contribution in [0.4, 0.5) is 0 Å². The summed E-state index contributed by atoms with van der Waals surface area (Å²) >= 11 is 1.68. The van der Waals surface area contributed by atoms with Crippen LogP contribution in [-0.2, 0) is 14.4 Å². The number of aliphatic hydroxyl groups is 1. The molecule has 2 unspecified atom stereocenters. The fourth-order valence-corrected chi connectivity index (χ4v) is 8.60. The summed E-state index contributed by atoms with van der Waals surface area (Å²) in [6.45, 7) is 18.8. The van der Waals surface area contributed by atoms with Crippen LogP contribution in [0, 0.1) is 17.8 Å². The van der Waals surface area contributed by atoms with Crippen LogP contribution in [0.1, 0.15) is 53.9 Å². The molecule has 1 spiro atoms. The van der Waals surface area contributed by atoms with Crippen molar-refractivity contribution in [2.24, 2.45) is 17.8 Å². The minimum atomic E-state index is -0.700. The van der Waals surface area contributed by atoms with Gasteiger partial charge in [-0.1, -0.05) is 32.9 Å². The zero-order valence-corrected chi connectivity index (χ0v) is 22.8. The molecule has 3 amide bonds. The number of hydrogen-bond donors (Lipinski definition) is 1. The Morgan fingerprint density at radius 1 is 1.20 bits per heavy atom. The number of likely N-dealkylation sites (tertiary alicyclic amines) is 1. The predicted octanol–water partition coefficient (Wildman–Crippen LogP) is 2.94. The molecule has 6 atom stereocenters. The Kier molecular flexibility index (Phi) is 8.79. The van der Waals surface area contributed by atoms with E-state index in [1.165, 1.54) is 0 Å². The van der Waals surface area contributed by atoms with Crippen LogP contribution < -0.4 is 0 Å². The molecule has 0 aromatic heterocycles. The average Bonchev–Trinajstić information content (AvgIpc) is 3.44. The summed E-state index contributed by atoms with van der Waals surface area (Å²) in [6.07, 6.45) is 5.80. The van der Waals surface area contributed by atoms with Gasteiger partial charge in [-0.2, -0.15) is 0 Å². The van der Waals surface area contributed by atoms with Crippen LogP contribution in [-0.4, -0.2) is 91.9 Å². The predicted molar refractivity (Wildman–Crippen MR) is 141 cm³/mol. The van der Waals surface area contributed by atoms with Crippen molar-refractivity contribution in [3.05, 3.63) is 25.3 Å². The van der Waals surface area contributed by atoms with E-state index >= 15 is 0 Å². The van der Waals surface area contributed by atoms with Gasteiger partial charge in [0, 0.05) is 30.9 Å². The Labute approximate surface area is 215 Å². The topological polar surface area (TPSA) is 81.2 Å². The van der Waals surface area contributed by atoms with E-state index in [1.54, 1.807) is 33.7 Å². The van der Waals surface area contributed by atoms with E-state index in [1.807, 2.05) is 39.5 Å². The third-order valence-electron chi connectivity index (χ3n) is 7.96. The molecule has 3 saturated heterocycles. The van der Waals surface area contributed by atoms with E-state index < -0.39 is 28.7 Å². The molecule has 8 heteroatoms. The molecule has 3 heterocycles. The van der Waals surface area contributed by atoms with E-state index in [0.29, 0.717) is 19.6 Å². The molecule has 0 aliphatic carbocycles. The number of hydrogen-bond acceptors (Lipinski definition) is 5. The normalized spacial score (nSPS) is 30.1. The Hall–Kier alpha value is -1.80. The van der Waals surface area contributed by atoms with Gasteiger partial charge >= 0.3 is 0 Å². The second kappa shape index (κ2) is 11.1. The van der Waals surface area contributed by atoms with Crippen LogP contribution in [0.3, 0.4) is 0 Å². The lowest BCUT2D eigenvalue weighted by atomic mass is 9.70. The molecule has 3 fully saturated rings. The van der Waals surface area contributed by atoms with E-state index in [-0.39, 0.29) is 41.5 Å². The molecule has 0 aromatic carbocycles. The van der Waals surface area contributed by atoms with Crippen LogP contribution in [0.2, 0.25) is 0 Å². The van der Waals surface area contributed by atoms with Gasteiger partial charge in [0.2, 0.25) is 17.7 Å². The highest BCUT2D eigenvalue weighted by molar-refractivity contribution is 8.02. The molecule has 0 saturated carbocycles. The van der Waals surface area contributed by atoms with Gasteiger partial charge < -0.3 is 19.8 Å². The van der Waals surface area contributed by atoms with Gasteiger partial charge in [-0.05, 0) is 39.0 Å². The summed E-state index contributed by atoms with van der Waals surface area (Å²) in [7, 11) is 0. The minimum absolute atomic E-state index is 0.00544. The fourth-order valence-electron chi connectivity index (χ4n) is 6.41. The second-order valence-electron chi connectivity index (χ2n) is 10.7. The van der Waals surface area contributed by atoms with Crippen molar-refractivity contribution in [3.63, 3.8) is 0 Å². The number of amides is 3. The van der Waals surface area contributed by atoms with Crippen LogP contribution >= 0.6 is 11.8 Å². The molecule has 0 radical (unpaired) electrons. The lowest BCUT2D eigenvalue weighted by molar-refractivity contribution is -0.148. The van der Waals surface area contributed by atoms with E-state index in [4.69, 9.17) is 0 Å². The summed E-state index contributed by atoms with van der Waals surface area (Å²) in [5, 5.41) is 10.4. The van der Waals surface area contributed by atoms with Crippen molar-refractivity contribution in [2.45, 2.75) is 82.0 Å². The molecule has 7 nitrogen and oxygen atoms in total. The van der Waals surface area contributed by atoms with Gasteiger partial charge in [0.25, 0.3) is 0 Å². The minimum Gasteiger partial charge on any atom is -0.394 e. The second-order valence-corrected chi connectivity index (χ2v) is 12.3. The lowest BCUT2D eigenvalue weighted by Crippen LogP contribution is -2.59. The Morgan fingerprint density at radius 3 is 2.37 bits per heavy atom.